The van der Waals surface area contributed by atoms with Crippen molar-refractivity contribution < 1.29 is 13.9 Å². The number of primary amides is 1. The number of aromatic nitrogens is 2. The minimum Gasteiger partial charge on any atom is -0.390 e. The zero-order chi connectivity index (χ0) is 14.8. The fourth-order valence-electron chi connectivity index (χ4n) is 2.39. The topological polar surface area (TPSA) is 123 Å². The molecule has 0 aliphatic carbocycles. The number of H-pyrrole nitrogens is 1. The lowest BCUT2D eigenvalue weighted by Gasteiger charge is -2.30. The molecule has 0 fully saturated rings. The number of amides is 1. The van der Waals surface area contributed by atoms with Gasteiger partial charge in [0.05, 0.1) is 5.92 Å². The average Bonchev–Trinajstić information content (AvgIpc) is 2.90. The molecule has 0 saturated heterocycles. The van der Waals surface area contributed by atoms with Crippen LogP contribution in [0, 0.1) is 0 Å². The Morgan fingerprint density at radius 1 is 1.43 bits per heavy atom. The average molecular weight is 290 g/mol. The molecule has 0 bridgehead atoms. The van der Waals surface area contributed by atoms with Crippen molar-refractivity contribution >= 4 is 5.91 Å². The van der Waals surface area contributed by atoms with E-state index < -0.39 is 12.0 Å². The summed E-state index contributed by atoms with van der Waals surface area (Å²) in [6.07, 6.45) is -0.418. The van der Waals surface area contributed by atoms with E-state index in [0.29, 0.717) is 6.54 Å². The van der Waals surface area contributed by atoms with Crippen molar-refractivity contribution in [3.8, 4) is 0 Å². The maximum absolute atomic E-state index is 11.5. The van der Waals surface area contributed by atoms with Crippen LogP contribution < -0.4 is 16.8 Å². The van der Waals surface area contributed by atoms with Gasteiger partial charge in [-0.25, -0.2) is 9.89 Å². The second kappa shape index (κ2) is 5.51. The number of hydrogen-bond donors (Lipinski definition) is 3. The van der Waals surface area contributed by atoms with E-state index in [1.807, 2.05) is 24.3 Å². The lowest BCUT2D eigenvalue weighted by atomic mass is 9.89. The number of benzene rings is 1. The molecule has 0 radical (unpaired) electrons. The van der Waals surface area contributed by atoms with E-state index in [1.165, 1.54) is 0 Å². The van der Waals surface area contributed by atoms with Crippen molar-refractivity contribution in [2.24, 2.45) is 5.73 Å². The maximum atomic E-state index is 11.5. The molecule has 2 unspecified atom stereocenters. The largest absolute Gasteiger partial charge is 0.434 e. The fraction of sp³-hybridized carbons (Fsp3) is 0.308. The Balaban J connectivity index is 1.79. The molecule has 1 amide bonds. The number of fused-ring (bicyclic) bond motifs is 1. The number of nitrogens with two attached hydrogens (primary N) is 1. The Hall–Kier alpha value is -2.45. The standard InChI is InChI=1S/C13H14N4O4/c14-11(18)9-5-15-12(8-4-2-1-3-7(8)9)20-6-10-16-17-13(19)21-10/h1-4,9,12,15H,5-6H2,(H2,14,18)(H,17,19). The predicted molar refractivity (Wildman–Crippen MR) is 71.0 cm³/mol. The predicted octanol–water partition coefficient (Wildman–Crippen LogP) is -0.250. The fourth-order valence-corrected chi connectivity index (χ4v) is 2.39. The van der Waals surface area contributed by atoms with Gasteiger partial charge in [0.2, 0.25) is 11.8 Å². The Morgan fingerprint density at radius 2 is 2.19 bits per heavy atom. The van der Waals surface area contributed by atoms with Crippen molar-refractivity contribution in [1.82, 2.24) is 15.5 Å². The van der Waals surface area contributed by atoms with Crippen LogP contribution in [0.1, 0.15) is 29.2 Å². The maximum Gasteiger partial charge on any atom is 0.434 e. The van der Waals surface area contributed by atoms with Crippen LogP contribution >= 0.6 is 0 Å². The van der Waals surface area contributed by atoms with Crippen molar-refractivity contribution in [3.05, 3.63) is 51.8 Å². The first kappa shape index (κ1) is 13.5. The molecule has 3 rings (SSSR count). The van der Waals surface area contributed by atoms with Gasteiger partial charge in [-0.1, -0.05) is 24.3 Å². The summed E-state index contributed by atoms with van der Waals surface area (Å²) in [5.41, 5.74) is 7.09. The van der Waals surface area contributed by atoms with Gasteiger partial charge in [-0.05, 0) is 11.1 Å². The first-order valence-electron chi connectivity index (χ1n) is 6.42. The Morgan fingerprint density at radius 3 is 2.86 bits per heavy atom. The summed E-state index contributed by atoms with van der Waals surface area (Å²) in [7, 11) is 0. The zero-order valence-corrected chi connectivity index (χ0v) is 11.0. The molecule has 0 spiro atoms. The molecule has 8 nitrogen and oxygen atoms in total. The van der Waals surface area contributed by atoms with Crippen molar-refractivity contribution in [3.63, 3.8) is 0 Å². The molecule has 2 heterocycles. The minimum atomic E-state index is -0.626. The number of hydrogen-bond acceptors (Lipinski definition) is 6. The normalized spacial score (nSPS) is 21.0. The van der Waals surface area contributed by atoms with Crippen LogP contribution in [-0.2, 0) is 16.1 Å². The first-order chi connectivity index (χ1) is 10.1. The second-order valence-electron chi connectivity index (χ2n) is 4.69. The molecular formula is C13H14N4O4. The monoisotopic (exact) mass is 290 g/mol. The van der Waals surface area contributed by atoms with E-state index in [4.69, 9.17) is 14.9 Å². The molecule has 1 aliphatic heterocycles. The molecule has 2 atom stereocenters. The van der Waals surface area contributed by atoms with Gasteiger partial charge in [0.25, 0.3) is 0 Å². The number of carbonyl (C=O) groups excluding carboxylic acids is 1. The summed E-state index contributed by atoms with van der Waals surface area (Å²) in [4.78, 5) is 22.3. The van der Waals surface area contributed by atoms with E-state index in [-0.39, 0.29) is 24.3 Å². The third-order valence-electron chi connectivity index (χ3n) is 3.36. The lowest BCUT2D eigenvalue weighted by Crippen LogP contribution is -2.39. The van der Waals surface area contributed by atoms with E-state index >= 15 is 0 Å². The highest BCUT2D eigenvalue weighted by Gasteiger charge is 2.30. The van der Waals surface area contributed by atoms with Crippen LogP contribution in [0.3, 0.4) is 0 Å². The number of ether oxygens (including phenoxy) is 1. The number of nitrogens with one attached hydrogen (secondary N) is 2. The molecular weight excluding hydrogens is 276 g/mol. The van der Waals surface area contributed by atoms with Gasteiger partial charge in [0, 0.05) is 6.54 Å². The highest BCUT2D eigenvalue weighted by atomic mass is 16.5. The Labute approximate surface area is 119 Å². The third kappa shape index (κ3) is 2.71. The molecule has 110 valence electrons. The Bertz CT molecular complexity index is 708. The van der Waals surface area contributed by atoms with Crippen LogP contribution in [0.25, 0.3) is 0 Å². The van der Waals surface area contributed by atoms with E-state index in [0.717, 1.165) is 11.1 Å². The van der Waals surface area contributed by atoms with Crippen LogP contribution in [0.2, 0.25) is 0 Å². The van der Waals surface area contributed by atoms with Crippen LogP contribution in [0.15, 0.2) is 33.5 Å². The van der Waals surface area contributed by atoms with Crippen LogP contribution in [0.5, 0.6) is 0 Å². The minimum absolute atomic E-state index is 0.0337. The van der Waals surface area contributed by atoms with Gasteiger partial charge in [-0.3, -0.25) is 10.1 Å². The van der Waals surface area contributed by atoms with E-state index in [9.17, 15) is 9.59 Å². The molecule has 8 heteroatoms. The molecule has 4 N–H and O–H groups in total. The van der Waals surface area contributed by atoms with Gasteiger partial charge in [0.15, 0.2) is 0 Å². The summed E-state index contributed by atoms with van der Waals surface area (Å²) < 4.78 is 10.4. The summed E-state index contributed by atoms with van der Waals surface area (Å²) in [6.45, 7) is 0.424. The summed E-state index contributed by atoms with van der Waals surface area (Å²) in [5, 5.41) is 8.93. The Kier molecular flexibility index (Phi) is 3.55. The number of carbonyl (C=O) groups is 1. The molecule has 21 heavy (non-hydrogen) atoms. The summed E-state index contributed by atoms with van der Waals surface area (Å²) in [5.74, 6) is -1.23. The quantitative estimate of drug-likeness (QED) is 0.713. The van der Waals surface area contributed by atoms with Gasteiger partial charge < -0.3 is 14.9 Å². The van der Waals surface area contributed by atoms with Crippen molar-refractivity contribution in [1.29, 1.82) is 0 Å². The summed E-state index contributed by atoms with van der Waals surface area (Å²) >= 11 is 0. The van der Waals surface area contributed by atoms with Gasteiger partial charge in [-0.2, -0.15) is 0 Å². The number of aromatic amines is 1. The highest BCUT2D eigenvalue weighted by molar-refractivity contribution is 5.83. The molecule has 1 aromatic carbocycles. The molecule has 0 saturated carbocycles. The first-order valence-corrected chi connectivity index (χ1v) is 6.42. The molecule has 1 aliphatic rings. The smallest absolute Gasteiger partial charge is 0.390 e. The third-order valence-corrected chi connectivity index (χ3v) is 3.36. The van der Waals surface area contributed by atoms with Gasteiger partial charge in [0.1, 0.15) is 12.8 Å². The van der Waals surface area contributed by atoms with Gasteiger partial charge >= 0.3 is 5.76 Å². The second-order valence-corrected chi connectivity index (χ2v) is 4.69. The van der Waals surface area contributed by atoms with Crippen LogP contribution in [0.4, 0.5) is 0 Å². The van der Waals surface area contributed by atoms with Crippen LogP contribution in [-0.4, -0.2) is 22.6 Å². The van der Waals surface area contributed by atoms with Crippen molar-refractivity contribution in [2.75, 3.05) is 6.54 Å². The highest BCUT2D eigenvalue weighted by Crippen LogP contribution is 2.30. The van der Waals surface area contributed by atoms with E-state index in [2.05, 4.69) is 15.5 Å². The van der Waals surface area contributed by atoms with E-state index in [1.54, 1.807) is 0 Å². The van der Waals surface area contributed by atoms with Gasteiger partial charge in [-0.15, -0.1) is 5.10 Å². The summed E-state index contributed by atoms with van der Waals surface area (Å²) in [6, 6.07) is 7.43. The molecule has 1 aromatic heterocycles. The van der Waals surface area contributed by atoms with Crippen molar-refractivity contribution in [2.45, 2.75) is 18.8 Å². The SMILES string of the molecule is NC(=O)C1CNC(OCc2n[nH]c(=O)o2)c2ccccc21. The zero-order valence-electron chi connectivity index (χ0n) is 11.0. The number of rotatable bonds is 4. The molecule has 2 aromatic rings. The lowest BCUT2D eigenvalue weighted by molar-refractivity contribution is -0.120. The number of nitrogens with zero attached hydrogens (tertiary/aromatic N) is 1.